The number of hydrogen-bond donors (Lipinski definition) is 0. The third-order valence-corrected chi connectivity index (χ3v) is 5.61. The fourth-order valence-electron chi connectivity index (χ4n) is 1.97. The molecule has 1 atom stereocenters. The number of hydrogen-bond acceptors (Lipinski definition) is 4. The molecular formula is C12H15O4P. The van der Waals surface area contributed by atoms with E-state index in [1.54, 1.807) is 39.0 Å². The van der Waals surface area contributed by atoms with Crippen LogP contribution in [0.5, 0.6) is 0 Å². The van der Waals surface area contributed by atoms with E-state index >= 15 is 0 Å². The van der Waals surface area contributed by atoms with Gasteiger partial charge in [0, 0.05) is 0 Å². The lowest BCUT2D eigenvalue weighted by molar-refractivity contribution is 0.0665. The number of rotatable bonds is 2. The molecule has 4 nitrogen and oxygen atoms in total. The Balaban J connectivity index is 2.62. The van der Waals surface area contributed by atoms with E-state index in [0.717, 1.165) is 0 Å². The van der Waals surface area contributed by atoms with Gasteiger partial charge in [0.1, 0.15) is 5.16 Å². The van der Waals surface area contributed by atoms with Crippen molar-refractivity contribution in [3.05, 3.63) is 35.4 Å². The normalized spacial score (nSPS) is 26.2. The van der Waals surface area contributed by atoms with E-state index in [1.165, 1.54) is 0 Å². The van der Waals surface area contributed by atoms with Crippen LogP contribution in [-0.4, -0.2) is 12.6 Å². The van der Waals surface area contributed by atoms with E-state index in [1.807, 2.05) is 6.07 Å². The summed E-state index contributed by atoms with van der Waals surface area (Å²) in [5.74, 6) is -0.572. The minimum atomic E-state index is -3.45. The van der Waals surface area contributed by atoms with E-state index in [0.29, 0.717) is 11.1 Å². The fourth-order valence-corrected chi connectivity index (χ4v) is 3.72. The molecule has 0 amide bonds. The summed E-state index contributed by atoms with van der Waals surface area (Å²) in [4.78, 5) is 11.8. The molecule has 0 spiro atoms. The predicted octanol–water partition coefficient (Wildman–Crippen LogP) is 3.32. The zero-order chi connectivity index (χ0) is 12.7. The Hall–Kier alpha value is -1.12. The molecule has 17 heavy (non-hydrogen) atoms. The molecule has 0 radical (unpaired) electrons. The average Bonchev–Trinajstić information content (AvgIpc) is 2.27. The highest BCUT2D eigenvalue weighted by Crippen LogP contribution is 2.67. The van der Waals surface area contributed by atoms with Gasteiger partial charge in [-0.3, -0.25) is 4.52 Å². The molecule has 0 fully saturated rings. The lowest BCUT2D eigenvalue weighted by atomic mass is 9.96. The van der Waals surface area contributed by atoms with Crippen molar-refractivity contribution < 1.29 is 18.4 Å². The third kappa shape index (κ3) is 1.72. The number of carbonyl (C=O) groups excluding carboxylic acids is 1. The Morgan fingerprint density at radius 2 is 2.00 bits per heavy atom. The summed E-state index contributed by atoms with van der Waals surface area (Å²) < 4.78 is 22.9. The summed E-state index contributed by atoms with van der Waals surface area (Å²) in [5, 5.41) is -0.812. The van der Waals surface area contributed by atoms with Crippen molar-refractivity contribution in [2.75, 3.05) is 6.61 Å². The molecule has 1 heterocycles. The third-order valence-electron chi connectivity index (χ3n) is 2.99. The van der Waals surface area contributed by atoms with Crippen LogP contribution in [0.4, 0.5) is 0 Å². The summed E-state index contributed by atoms with van der Waals surface area (Å²) in [6.07, 6.45) is 0. The molecule has 5 heteroatoms. The fraction of sp³-hybridized carbons (Fsp3) is 0.417. The Morgan fingerprint density at radius 1 is 1.35 bits per heavy atom. The zero-order valence-electron chi connectivity index (χ0n) is 10.1. The maximum Gasteiger partial charge on any atom is 0.391 e. The zero-order valence-corrected chi connectivity index (χ0v) is 11.0. The van der Waals surface area contributed by atoms with Crippen LogP contribution in [0.15, 0.2) is 24.3 Å². The molecule has 1 aliphatic heterocycles. The maximum absolute atomic E-state index is 12.6. The van der Waals surface area contributed by atoms with Crippen molar-refractivity contribution in [3.8, 4) is 0 Å². The van der Waals surface area contributed by atoms with Crippen LogP contribution in [0.1, 0.15) is 36.7 Å². The molecule has 1 unspecified atom stereocenters. The van der Waals surface area contributed by atoms with Gasteiger partial charge in [-0.2, -0.15) is 0 Å². The molecule has 1 aromatic carbocycles. The second-order valence-corrected chi connectivity index (χ2v) is 6.95. The van der Waals surface area contributed by atoms with Crippen LogP contribution in [0, 0.1) is 0 Å². The van der Waals surface area contributed by atoms with Gasteiger partial charge in [0.2, 0.25) is 0 Å². The van der Waals surface area contributed by atoms with Gasteiger partial charge in [0.05, 0.1) is 12.2 Å². The van der Waals surface area contributed by atoms with Crippen molar-refractivity contribution in [1.82, 2.24) is 0 Å². The lowest BCUT2D eigenvalue weighted by Gasteiger charge is -2.37. The second-order valence-electron chi connectivity index (χ2n) is 4.40. The van der Waals surface area contributed by atoms with Crippen molar-refractivity contribution in [2.45, 2.75) is 25.9 Å². The van der Waals surface area contributed by atoms with Gasteiger partial charge in [-0.05, 0) is 32.4 Å². The Labute approximate surface area is 100 Å². The van der Waals surface area contributed by atoms with Gasteiger partial charge in [-0.1, -0.05) is 18.2 Å². The van der Waals surface area contributed by atoms with E-state index < -0.39 is 18.7 Å². The van der Waals surface area contributed by atoms with Gasteiger partial charge < -0.3 is 4.52 Å². The SMILES string of the molecule is CCOP1(=O)OC(=O)c2ccccc2C1(C)C. The summed E-state index contributed by atoms with van der Waals surface area (Å²) in [6, 6.07) is 7.04. The Kier molecular flexibility index (Phi) is 2.88. The molecule has 0 saturated heterocycles. The largest absolute Gasteiger partial charge is 0.391 e. The van der Waals surface area contributed by atoms with Crippen molar-refractivity contribution in [3.63, 3.8) is 0 Å². The van der Waals surface area contributed by atoms with Gasteiger partial charge in [0.25, 0.3) is 0 Å². The van der Waals surface area contributed by atoms with Crippen LogP contribution < -0.4 is 0 Å². The monoisotopic (exact) mass is 254 g/mol. The number of carbonyl (C=O) groups is 1. The van der Waals surface area contributed by atoms with Crippen LogP contribution in [-0.2, 0) is 18.8 Å². The topological polar surface area (TPSA) is 52.6 Å². The summed E-state index contributed by atoms with van der Waals surface area (Å²) in [6.45, 7) is 5.52. The summed E-state index contributed by atoms with van der Waals surface area (Å²) >= 11 is 0. The van der Waals surface area contributed by atoms with Gasteiger partial charge in [0.15, 0.2) is 0 Å². The number of benzene rings is 1. The van der Waals surface area contributed by atoms with Gasteiger partial charge in [-0.15, -0.1) is 0 Å². The molecule has 1 aliphatic rings. The molecule has 0 aliphatic carbocycles. The minimum absolute atomic E-state index is 0.246. The van der Waals surface area contributed by atoms with Crippen molar-refractivity contribution in [2.24, 2.45) is 0 Å². The first kappa shape index (κ1) is 12.3. The molecule has 0 aromatic heterocycles. The highest BCUT2D eigenvalue weighted by atomic mass is 31.2. The van der Waals surface area contributed by atoms with Gasteiger partial charge >= 0.3 is 13.6 Å². The molecule has 1 aromatic rings. The number of fused-ring (bicyclic) bond motifs is 1. The molecule has 0 N–H and O–H groups in total. The van der Waals surface area contributed by atoms with E-state index in [4.69, 9.17) is 9.05 Å². The van der Waals surface area contributed by atoms with E-state index in [2.05, 4.69) is 0 Å². The highest BCUT2D eigenvalue weighted by molar-refractivity contribution is 7.55. The molecule has 0 saturated carbocycles. The first-order chi connectivity index (χ1) is 7.92. The Bertz CT molecular complexity index is 507. The average molecular weight is 254 g/mol. The second kappa shape index (κ2) is 3.97. The Morgan fingerprint density at radius 3 is 2.65 bits per heavy atom. The first-order valence-corrected chi connectivity index (χ1v) is 7.05. The quantitative estimate of drug-likeness (QED) is 0.759. The standard InChI is InChI=1S/C12H15O4P/c1-4-15-17(14)12(2,3)10-8-6-5-7-9(10)11(13)16-17/h5-8H,4H2,1-3H3. The van der Waals surface area contributed by atoms with E-state index in [-0.39, 0.29) is 6.61 Å². The summed E-state index contributed by atoms with van der Waals surface area (Å²) in [5.41, 5.74) is 1.18. The van der Waals surface area contributed by atoms with E-state index in [9.17, 15) is 9.36 Å². The smallest absolute Gasteiger partial charge is 0.387 e. The van der Waals surface area contributed by atoms with Crippen LogP contribution in [0.3, 0.4) is 0 Å². The van der Waals surface area contributed by atoms with Crippen molar-refractivity contribution in [1.29, 1.82) is 0 Å². The van der Waals surface area contributed by atoms with Crippen LogP contribution >= 0.6 is 7.60 Å². The predicted molar refractivity (Wildman–Crippen MR) is 64.1 cm³/mol. The summed E-state index contributed by atoms with van der Waals surface area (Å²) in [7, 11) is -3.45. The first-order valence-electron chi connectivity index (χ1n) is 5.50. The van der Waals surface area contributed by atoms with Gasteiger partial charge in [-0.25, -0.2) is 9.36 Å². The molecule has 2 rings (SSSR count). The van der Waals surface area contributed by atoms with Crippen LogP contribution in [0.2, 0.25) is 0 Å². The minimum Gasteiger partial charge on any atom is -0.387 e. The molecule has 92 valence electrons. The molecule has 0 bridgehead atoms. The highest BCUT2D eigenvalue weighted by Gasteiger charge is 2.52. The van der Waals surface area contributed by atoms with Crippen molar-refractivity contribution >= 4 is 13.6 Å². The lowest BCUT2D eigenvalue weighted by Crippen LogP contribution is -2.30. The molecular weight excluding hydrogens is 239 g/mol. The maximum atomic E-state index is 12.6. The van der Waals surface area contributed by atoms with Crippen LogP contribution in [0.25, 0.3) is 0 Å².